The van der Waals surface area contributed by atoms with E-state index in [2.05, 4.69) is 28.8 Å². The minimum Gasteiger partial charge on any atom is -0.281 e. The second-order valence-electron chi connectivity index (χ2n) is 4.75. The van der Waals surface area contributed by atoms with Crippen LogP contribution in [0.2, 0.25) is 0 Å². The Kier molecular flexibility index (Phi) is 4.92. The van der Waals surface area contributed by atoms with Crippen molar-refractivity contribution >= 4 is 10.0 Å². The van der Waals surface area contributed by atoms with Gasteiger partial charge in [0.05, 0.1) is 11.4 Å². The van der Waals surface area contributed by atoms with E-state index in [-0.39, 0.29) is 10.9 Å². The van der Waals surface area contributed by atoms with Gasteiger partial charge in [-0.1, -0.05) is 26.7 Å². The highest BCUT2D eigenvalue weighted by atomic mass is 32.2. The average Bonchev–Trinajstić information content (AvgIpc) is 2.59. The Labute approximate surface area is 109 Å². The second-order valence-corrected chi connectivity index (χ2v) is 6.40. The van der Waals surface area contributed by atoms with Crippen molar-refractivity contribution in [3.63, 3.8) is 0 Å². The Morgan fingerprint density at radius 3 is 2.22 bits per heavy atom. The second kappa shape index (κ2) is 5.84. The number of nitrogens with one attached hydrogen (secondary N) is 2. The maximum atomic E-state index is 12.3. The molecule has 0 aliphatic heterocycles. The van der Waals surface area contributed by atoms with Crippen LogP contribution >= 0.6 is 0 Å². The molecule has 0 radical (unpaired) electrons. The van der Waals surface area contributed by atoms with Crippen LogP contribution in [0.5, 0.6) is 0 Å². The molecule has 1 heterocycles. The normalized spacial score (nSPS) is 14.1. The lowest BCUT2D eigenvalue weighted by Gasteiger charge is -2.22. The number of hydrogen-bond acceptors (Lipinski definition) is 3. The van der Waals surface area contributed by atoms with Gasteiger partial charge in [0.25, 0.3) is 0 Å². The quantitative estimate of drug-likeness (QED) is 0.833. The minimum absolute atomic E-state index is 0.0706. The molecule has 0 saturated heterocycles. The molecular weight excluding hydrogens is 250 g/mol. The smallest absolute Gasteiger partial charge is 0.244 e. The van der Waals surface area contributed by atoms with Crippen molar-refractivity contribution in [1.82, 2.24) is 14.9 Å². The monoisotopic (exact) mass is 273 g/mol. The lowest BCUT2D eigenvalue weighted by Crippen LogP contribution is -2.38. The molecule has 1 aromatic heterocycles. The van der Waals surface area contributed by atoms with Crippen LogP contribution in [-0.2, 0) is 10.0 Å². The molecule has 104 valence electrons. The molecule has 0 aliphatic rings. The molecule has 1 atom stereocenters. The fourth-order valence-electron chi connectivity index (χ4n) is 2.33. The molecule has 1 unspecified atom stereocenters. The summed E-state index contributed by atoms with van der Waals surface area (Å²) in [5, 5.41) is 6.64. The summed E-state index contributed by atoms with van der Waals surface area (Å²) in [7, 11) is -3.49. The van der Waals surface area contributed by atoms with E-state index in [4.69, 9.17) is 0 Å². The summed E-state index contributed by atoms with van der Waals surface area (Å²) >= 11 is 0. The Morgan fingerprint density at radius 1 is 1.28 bits per heavy atom. The first-order valence-electron chi connectivity index (χ1n) is 6.37. The van der Waals surface area contributed by atoms with Crippen molar-refractivity contribution in [2.75, 3.05) is 0 Å². The molecule has 5 nitrogen and oxygen atoms in total. The SMILES string of the molecule is CCC(CC)C(C)NS(=O)(=O)c1c(C)n[nH]c1C. The summed E-state index contributed by atoms with van der Waals surface area (Å²) in [6.07, 6.45) is 1.92. The van der Waals surface area contributed by atoms with Gasteiger partial charge < -0.3 is 0 Å². The number of H-pyrrole nitrogens is 1. The van der Waals surface area contributed by atoms with Crippen molar-refractivity contribution in [1.29, 1.82) is 0 Å². The fourth-order valence-corrected chi connectivity index (χ4v) is 4.02. The van der Waals surface area contributed by atoms with Crippen LogP contribution in [-0.4, -0.2) is 24.7 Å². The molecule has 0 amide bonds. The third-order valence-electron chi connectivity index (χ3n) is 3.43. The van der Waals surface area contributed by atoms with Crippen LogP contribution in [0.4, 0.5) is 0 Å². The van der Waals surface area contributed by atoms with E-state index in [1.54, 1.807) is 13.8 Å². The van der Waals surface area contributed by atoms with Crippen LogP contribution in [0.1, 0.15) is 45.0 Å². The summed E-state index contributed by atoms with van der Waals surface area (Å²) in [4.78, 5) is 0.278. The summed E-state index contributed by atoms with van der Waals surface area (Å²) in [6.45, 7) is 9.48. The predicted molar refractivity (Wildman–Crippen MR) is 71.9 cm³/mol. The maximum Gasteiger partial charge on any atom is 0.244 e. The molecule has 1 aromatic rings. The van der Waals surface area contributed by atoms with E-state index in [0.29, 0.717) is 17.3 Å². The zero-order valence-electron chi connectivity index (χ0n) is 11.7. The molecule has 0 aliphatic carbocycles. The molecule has 2 N–H and O–H groups in total. The molecule has 18 heavy (non-hydrogen) atoms. The van der Waals surface area contributed by atoms with E-state index in [1.807, 2.05) is 6.92 Å². The van der Waals surface area contributed by atoms with Gasteiger partial charge in [0.1, 0.15) is 4.90 Å². The Morgan fingerprint density at radius 2 is 1.83 bits per heavy atom. The standard InChI is InChI=1S/C12H23N3O2S/c1-6-11(7-2)8(3)15-18(16,17)12-9(4)13-14-10(12)5/h8,11,15H,6-7H2,1-5H3,(H,13,14). The molecular formula is C12H23N3O2S. The van der Waals surface area contributed by atoms with Crippen LogP contribution in [0, 0.1) is 19.8 Å². The lowest BCUT2D eigenvalue weighted by molar-refractivity contribution is 0.390. The Hall–Kier alpha value is -0.880. The van der Waals surface area contributed by atoms with E-state index >= 15 is 0 Å². The van der Waals surface area contributed by atoms with Crippen molar-refractivity contribution in [2.24, 2.45) is 5.92 Å². The summed E-state index contributed by atoms with van der Waals surface area (Å²) in [5.74, 6) is 0.354. The van der Waals surface area contributed by atoms with Crippen LogP contribution in [0.15, 0.2) is 4.90 Å². The van der Waals surface area contributed by atoms with Crippen molar-refractivity contribution in [3.05, 3.63) is 11.4 Å². The fraction of sp³-hybridized carbons (Fsp3) is 0.750. The summed E-state index contributed by atoms with van der Waals surface area (Å²) in [5.41, 5.74) is 1.09. The molecule has 6 heteroatoms. The third-order valence-corrected chi connectivity index (χ3v) is 5.25. The number of rotatable bonds is 6. The van der Waals surface area contributed by atoms with Gasteiger partial charge in [-0.2, -0.15) is 5.10 Å². The van der Waals surface area contributed by atoms with Crippen molar-refractivity contribution in [2.45, 2.75) is 58.4 Å². The highest BCUT2D eigenvalue weighted by Crippen LogP contribution is 2.19. The van der Waals surface area contributed by atoms with Crippen LogP contribution < -0.4 is 4.72 Å². The predicted octanol–water partition coefficient (Wildman–Crippen LogP) is 2.13. The minimum atomic E-state index is -3.49. The first-order chi connectivity index (χ1) is 8.33. The van der Waals surface area contributed by atoms with Gasteiger partial charge in [0.15, 0.2) is 0 Å². The largest absolute Gasteiger partial charge is 0.281 e. The van der Waals surface area contributed by atoms with Crippen molar-refractivity contribution in [3.8, 4) is 0 Å². The Bertz CT molecular complexity index is 470. The van der Waals surface area contributed by atoms with E-state index in [1.165, 1.54) is 0 Å². The zero-order chi connectivity index (χ0) is 13.9. The topological polar surface area (TPSA) is 74.8 Å². The number of sulfonamides is 1. The van der Waals surface area contributed by atoms with Gasteiger partial charge in [-0.3, -0.25) is 5.10 Å². The number of aryl methyl sites for hydroxylation is 2. The highest BCUT2D eigenvalue weighted by Gasteiger charge is 2.26. The van der Waals surface area contributed by atoms with Crippen molar-refractivity contribution < 1.29 is 8.42 Å². The van der Waals surface area contributed by atoms with Gasteiger partial charge in [-0.05, 0) is 26.7 Å². The van der Waals surface area contributed by atoms with Gasteiger partial charge in [0.2, 0.25) is 10.0 Å². The molecule has 0 fully saturated rings. The van der Waals surface area contributed by atoms with E-state index in [9.17, 15) is 8.42 Å². The Balaban J connectivity index is 2.96. The molecule has 0 bridgehead atoms. The van der Waals surface area contributed by atoms with E-state index in [0.717, 1.165) is 12.8 Å². The molecule has 0 spiro atoms. The lowest BCUT2D eigenvalue weighted by atomic mass is 9.96. The number of aromatic nitrogens is 2. The van der Waals surface area contributed by atoms with Crippen LogP contribution in [0.25, 0.3) is 0 Å². The third kappa shape index (κ3) is 3.11. The number of hydrogen-bond donors (Lipinski definition) is 2. The first kappa shape index (κ1) is 15.2. The summed E-state index contributed by atoms with van der Waals surface area (Å²) in [6, 6.07) is -0.0706. The molecule has 0 aromatic carbocycles. The zero-order valence-corrected chi connectivity index (χ0v) is 12.6. The first-order valence-corrected chi connectivity index (χ1v) is 7.85. The number of aromatic amines is 1. The van der Waals surface area contributed by atoms with Crippen LogP contribution in [0.3, 0.4) is 0 Å². The highest BCUT2D eigenvalue weighted by molar-refractivity contribution is 7.89. The van der Waals surface area contributed by atoms with Gasteiger partial charge >= 0.3 is 0 Å². The van der Waals surface area contributed by atoms with E-state index < -0.39 is 10.0 Å². The van der Waals surface area contributed by atoms with Gasteiger partial charge in [0, 0.05) is 6.04 Å². The van der Waals surface area contributed by atoms with Gasteiger partial charge in [-0.25, -0.2) is 13.1 Å². The number of nitrogens with zero attached hydrogens (tertiary/aromatic N) is 1. The molecule has 0 saturated carbocycles. The maximum absolute atomic E-state index is 12.3. The molecule has 1 rings (SSSR count). The average molecular weight is 273 g/mol. The summed E-state index contributed by atoms with van der Waals surface area (Å²) < 4.78 is 27.4. The van der Waals surface area contributed by atoms with Gasteiger partial charge in [-0.15, -0.1) is 0 Å².